The number of nitrogens with zero attached hydrogens (tertiary/aromatic N) is 3. The number of benzene rings is 3. The number of esters is 3. The Morgan fingerprint density at radius 3 is 0.917 bits per heavy atom. The van der Waals surface area contributed by atoms with Crippen LogP contribution in [0, 0.1) is 0 Å². The monoisotopic (exact) mass is 657 g/mol. The van der Waals surface area contributed by atoms with Gasteiger partial charge in [0.05, 0.1) is 38.0 Å². The van der Waals surface area contributed by atoms with Crippen molar-refractivity contribution in [3.8, 4) is 0 Å². The molecule has 0 spiro atoms. The SMILES string of the molecule is CCCN1C(=O)c2cc(C(=O)OC)cc(c2)N(CCC)C(=O)c2cc(C(=O)OC)cc(c2)N(CCC)C(=O)c2cc(C(=O)OC)cc1c2. The highest BCUT2D eigenvalue weighted by atomic mass is 16.5. The minimum atomic E-state index is -0.722. The van der Waals surface area contributed by atoms with Gasteiger partial charge in [-0.25, -0.2) is 14.4 Å². The maximum Gasteiger partial charge on any atom is 0.337 e. The van der Waals surface area contributed by atoms with E-state index < -0.39 is 35.6 Å². The van der Waals surface area contributed by atoms with Crippen molar-refractivity contribution in [1.29, 1.82) is 0 Å². The van der Waals surface area contributed by atoms with Crippen molar-refractivity contribution in [3.63, 3.8) is 0 Å². The number of carbonyl (C=O) groups excluding carboxylic acids is 6. The quantitative estimate of drug-likeness (QED) is 0.215. The molecule has 0 saturated heterocycles. The van der Waals surface area contributed by atoms with E-state index in [4.69, 9.17) is 14.2 Å². The van der Waals surface area contributed by atoms with Crippen LogP contribution in [0.15, 0.2) is 54.6 Å². The van der Waals surface area contributed by atoms with Crippen LogP contribution < -0.4 is 14.7 Å². The molecule has 12 nitrogen and oxygen atoms in total. The van der Waals surface area contributed by atoms with Gasteiger partial charge in [0.1, 0.15) is 0 Å². The van der Waals surface area contributed by atoms with Crippen LogP contribution in [0.1, 0.15) is 102 Å². The van der Waals surface area contributed by atoms with Gasteiger partial charge in [-0.2, -0.15) is 0 Å². The summed E-state index contributed by atoms with van der Waals surface area (Å²) < 4.78 is 15.0. The summed E-state index contributed by atoms with van der Waals surface area (Å²) in [7, 11) is 3.63. The summed E-state index contributed by atoms with van der Waals surface area (Å²) in [6, 6.07) is 13.1. The van der Waals surface area contributed by atoms with Gasteiger partial charge in [-0.15, -0.1) is 0 Å². The number of ether oxygens (including phenoxy) is 3. The van der Waals surface area contributed by atoms with Crippen molar-refractivity contribution in [2.75, 3.05) is 55.7 Å². The molecular formula is C36H39N3O9. The van der Waals surface area contributed by atoms with Crippen LogP contribution in [0.4, 0.5) is 17.1 Å². The number of hydrogen-bond acceptors (Lipinski definition) is 9. The number of amides is 3. The number of hydrogen-bond donors (Lipinski definition) is 0. The average Bonchev–Trinajstić information content (AvgIpc) is 3.12. The fraction of sp³-hybridized carbons (Fsp3) is 0.333. The predicted octanol–water partition coefficient (Wildman–Crippen LogP) is 5.53. The zero-order chi connectivity index (χ0) is 35.1. The van der Waals surface area contributed by atoms with E-state index in [1.807, 2.05) is 20.8 Å². The lowest BCUT2D eigenvalue weighted by atomic mass is 10.0. The van der Waals surface area contributed by atoms with Crippen molar-refractivity contribution in [2.24, 2.45) is 0 Å². The van der Waals surface area contributed by atoms with Crippen molar-refractivity contribution in [3.05, 3.63) is 88.0 Å². The molecule has 0 unspecified atom stereocenters. The Morgan fingerprint density at radius 2 is 0.708 bits per heavy atom. The minimum absolute atomic E-state index is 0.0327. The molecule has 0 aliphatic carbocycles. The zero-order valence-electron chi connectivity index (χ0n) is 28.0. The Balaban J connectivity index is 2.16. The summed E-state index contributed by atoms with van der Waals surface area (Å²) >= 11 is 0. The molecular weight excluding hydrogens is 618 g/mol. The minimum Gasteiger partial charge on any atom is -0.465 e. The fourth-order valence-electron chi connectivity index (χ4n) is 5.56. The molecule has 3 aromatic carbocycles. The molecule has 48 heavy (non-hydrogen) atoms. The van der Waals surface area contributed by atoms with Crippen LogP contribution >= 0.6 is 0 Å². The number of carbonyl (C=O) groups is 6. The van der Waals surface area contributed by atoms with Crippen LogP contribution in [0.3, 0.4) is 0 Å². The lowest BCUT2D eigenvalue weighted by Gasteiger charge is -2.26. The molecule has 4 rings (SSSR count). The highest BCUT2D eigenvalue weighted by Crippen LogP contribution is 2.31. The molecule has 0 aromatic heterocycles. The zero-order valence-corrected chi connectivity index (χ0v) is 28.0. The second kappa shape index (κ2) is 15.4. The van der Waals surface area contributed by atoms with Crippen LogP contribution in [-0.2, 0) is 14.2 Å². The maximum absolute atomic E-state index is 14.4. The van der Waals surface area contributed by atoms with E-state index in [0.29, 0.717) is 19.3 Å². The van der Waals surface area contributed by atoms with Gasteiger partial charge in [0.25, 0.3) is 17.7 Å². The molecule has 3 amide bonds. The summed E-state index contributed by atoms with van der Waals surface area (Å²) in [5, 5.41) is 0. The highest BCUT2D eigenvalue weighted by molar-refractivity contribution is 6.14. The second-order valence-electron chi connectivity index (χ2n) is 11.2. The maximum atomic E-state index is 14.4. The third kappa shape index (κ3) is 7.22. The fourth-order valence-corrected chi connectivity index (χ4v) is 5.56. The third-order valence-electron chi connectivity index (χ3n) is 7.77. The van der Waals surface area contributed by atoms with Crippen LogP contribution in [-0.4, -0.2) is 76.6 Å². The Morgan fingerprint density at radius 1 is 0.458 bits per heavy atom. The van der Waals surface area contributed by atoms with Gasteiger partial charge in [0, 0.05) is 53.4 Å². The first-order valence-corrected chi connectivity index (χ1v) is 15.7. The van der Waals surface area contributed by atoms with Gasteiger partial charge in [0.15, 0.2) is 0 Å². The lowest BCUT2D eigenvalue weighted by Crippen LogP contribution is -2.34. The molecule has 12 heteroatoms. The second-order valence-corrected chi connectivity index (χ2v) is 11.2. The van der Waals surface area contributed by atoms with E-state index >= 15 is 0 Å². The molecule has 0 fully saturated rings. The summed E-state index contributed by atoms with van der Waals surface area (Å²) in [5.74, 6) is -3.78. The first-order chi connectivity index (χ1) is 23.0. The Kier molecular flexibility index (Phi) is 11.3. The molecule has 0 N–H and O–H groups in total. The molecule has 6 bridgehead atoms. The Hall–Kier alpha value is -5.52. The standard InChI is InChI=1S/C36H39N3O9/c1-7-10-37-28-16-23(14-25(19-28)34(43)46-4)32(41)39(12-9-3)30-18-24(15-27(21-30)36(45)48-6)33(42)38(11-8-2)29-17-22(31(37)40)13-26(20-29)35(44)47-5/h13-21H,7-12H2,1-6H3. The largest absolute Gasteiger partial charge is 0.465 e. The van der Waals surface area contributed by atoms with Gasteiger partial charge in [-0.1, -0.05) is 20.8 Å². The van der Waals surface area contributed by atoms with Gasteiger partial charge in [-0.3, -0.25) is 14.4 Å². The van der Waals surface area contributed by atoms with E-state index in [1.54, 1.807) is 0 Å². The van der Waals surface area contributed by atoms with Crippen molar-refractivity contribution >= 4 is 52.7 Å². The van der Waals surface area contributed by atoms with Crippen LogP contribution in [0.5, 0.6) is 0 Å². The lowest BCUT2D eigenvalue weighted by molar-refractivity contribution is 0.0591. The number of fused-ring (bicyclic) bond motifs is 6. The molecule has 0 radical (unpaired) electrons. The predicted molar refractivity (Wildman–Crippen MR) is 179 cm³/mol. The van der Waals surface area contributed by atoms with E-state index in [1.165, 1.54) is 90.6 Å². The van der Waals surface area contributed by atoms with E-state index in [2.05, 4.69) is 0 Å². The van der Waals surface area contributed by atoms with E-state index in [-0.39, 0.29) is 70.1 Å². The molecule has 1 heterocycles. The number of rotatable bonds is 9. The third-order valence-corrected chi connectivity index (χ3v) is 7.77. The van der Waals surface area contributed by atoms with Crippen LogP contribution in [0.25, 0.3) is 0 Å². The average molecular weight is 658 g/mol. The van der Waals surface area contributed by atoms with Gasteiger partial charge in [0.2, 0.25) is 0 Å². The molecule has 1 aliphatic rings. The topological polar surface area (TPSA) is 140 Å². The number of methoxy groups -OCH3 is 3. The van der Waals surface area contributed by atoms with Gasteiger partial charge >= 0.3 is 17.9 Å². The van der Waals surface area contributed by atoms with Crippen molar-refractivity contribution < 1.29 is 43.0 Å². The molecule has 1 aliphatic heterocycles. The first kappa shape index (κ1) is 35.3. The summed E-state index contributed by atoms with van der Waals surface area (Å²) in [6.07, 6.45) is 1.52. The normalized spacial score (nSPS) is 13.1. The van der Waals surface area contributed by atoms with Gasteiger partial charge in [-0.05, 0) is 73.9 Å². The summed E-state index contributed by atoms with van der Waals surface area (Å²) in [5.41, 5.74) is 1.04. The van der Waals surface area contributed by atoms with E-state index in [9.17, 15) is 28.8 Å². The molecule has 3 aromatic rings. The summed E-state index contributed by atoms with van der Waals surface area (Å²) in [6.45, 7) is 6.17. The Labute approximate surface area is 279 Å². The molecule has 252 valence electrons. The van der Waals surface area contributed by atoms with Gasteiger partial charge < -0.3 is 28.9 Å². The van der Waals surface area contributed by atoms with Crippen molar-refractivity contribution in [2.45, 2.75) is 40.0 Å². The first-order valence-electron chi connectivity index (χ1n) is 15.7. The van der Waals surface area contributed by atoms with E-state index in [0.717, 1.165) is 0 Å². The Bertz CT molecular complexity index is 1560. The highest BCUT2D eigenvalue weighted by Gasteiger charge is 2.29. The number of anilines is 3. The molecule has 0 saturated carbocycles. The smallest absolute Gasteiger partial charge is 0.337 e. The van der Waals surface area contributed by atoms with Crippen molar-refractivity contribution in [1.82, 2.24) is 0 Å². The molecule has 0 atom stereocenters. The van der Waals surface area contributed by atoms with Crippen LogP contribution in [0.2, 0.25) is 0 Å². The summed E-state index contributed by atoms with van der Waals surface area (Å²) in [4.78, 5) is 85.9.